The molecule has 1 aromatic rings. The van der Waals surface area contributed by atoms with Gasteiger partial charge in [-0.1, -0.05) is 13.8 Å². The average molecular weight is 196 g/mol. The highest BCUT2D eigenvalue weighted by molar-refractivity contribution is 4.97. The number of rotatable bonds is 7. The van der Waals surface area contributed by atoms with Crippen LogP contribution < -0.4 is 5.32 Å². The van der Waals surface area contributed by atoms with E-state index in [1.54, 1.807) is 6.26 Å². The van der Waals surface area contributed by atoms with Crippen LogP contribution >= 0.6 is 0 Å². The van der Waals surface area contributed by atoms with E-state index in [2.05, 4.69) is 24.1 Å². The Bertz CT molecular complexity index is 221. The van der Waals surface area contributed by atoms with Gasteiger partial charge in [0, 0.05) is 13.1 Å². The van der Waals surface area contributed by atoms with Crippen molar-refractivity contribution in [3.63, 3.8) is 0 Å². The Morgan fingerprint density at radius 1 is 1.43 bits per heavy atom. The summed E-state index contributed by atoms with van der Waals surface area (Å²) in [6.07, 6.45) is 1.73. The fraction of sp³-hybridized carbons (Fsp3) is 0.636. The zero-order chi connectivity index (χ0) is 10.2. The first-order valence-corrected chi connectivity index (χ1v) is 5.32. The van der Waals surface area contributed by atoms with Gasteiger partial charge in [-0.25, -0.2) is 0 Å². The maximum absolute atomic E-state index is 5.31. The van der Waals surface area contributed by atoms with Gasteiger partial charge in [-0.05, 0) is 25.2 Å². The minimum atomic E-state index is 0.912. The highest BCUT2D eigenvalue weighted by atomic mass is 16.3. The number of hydrogen-bond acceptors (Lipinski definition) is 3. The summed E-state index contributed by atoms with van der Waals surface area (Å²) >= 11 is 0. The molecule has 0 aliphatic carbocycles. The lowest BCUT2D eigenvalue weighted by atomic mass is 10.4. The molecule has 0 spiro atoms. The van der Waals surface area contributed by atoms with Gasteiger partial charge < -0.3 is 9.73 Å². The van der Waals surface area contributed by atoms with E-state index in [0.29, 0.717) is 0 Å². The molecule has 1 aromatic heterocycles. The highest BCUT2D eigenvalue weighted by Crippen LogP contribution is 2.04. The minimum absolute atomic E-state index is 0.912. The van der Waals surface area contributed by atoms with Crippen molar-refractivity contribution in [3.05, 3.63) is 24.2 Å². The number of likely N-dealkylation sites (N-methyl/N-ethyl adjacent to an activating group) is 2. The van der Waals surface area contributed by atoms with Gasteiger partial charge in [0.1, 0.15) is 5.76 Å². The van der Waals surface area contributed by atoms with Crippen molar-refractivity contribution in [1.29, 1.82) is 0 Å². The Morgan fingerprint density at radius 2 is 2.29 bits per heavy atom. The third kappa shape index (κ3) is 3.94. The molecule has 1 rings (SSSR count). The van der Waals surface area contributed by atoms with Crippen LogP contribution in [0.4, 0.5) is 0 Å². The molecule has 0 aliphatic rings. The number of nitrogens with zero attached hydrogens (tertiary/aromatic N) is 1. The smallest absolute Gasteiger partial charge is 0.117 e. The summed E-state index contributed by atoms with van der Waals surface area (Å²) in [4.78, 5) is 2.36. The van der Waals surface area contributed by atoms with Gasteiger partial charge in [-0.15, -0.1) is 0 Å². The second-order valence-corrected chi connectivity index (χ2v) is 3.30. The molecule has 0 bridgehead atoms. The van der Waals surface area contributed by atoms with Gasteiger partial charge in [0.15, 0.2) is 0 Å². The van der Waals surface area contributed by atoms with Gasteiger partial charge >= 0.3 is 0 Å². The largest absolute Gasteiger partial charge is 0.468 e. The quantitative estimate of drug-likeness (QED) is 0.673. The van der Waals surface area contributed by atoms with Crippen LogP contribution in [0.1, 0.15) is 19.6 Å². The normalized spacial score (nSPS) is 11.1. The molecule has 1 N–H and O–H groups in total. The lowest BCUT2D eigenvalue weighted by molar-refractivity contribution is 0.256. The molecule has 0 amide bonds. The second-order valence-electron chi connectivity index (χ2n) is 3.30. The van der Waals surface area contributed by atoms with E-state index in [1.165, 1.54) is 0 Å². The van der Waals surface area contributed by atoms with E-state index in [0.717, 1.165) is 38.5 Å². The van der Waals surface area contributed by atoms with Gasteiger partial charge in [0.25, 0.3) is 0 Å². The molecule has 0 fully saturated rings. The van der Waals surface area contributed by atoms with Crippen molar-refractivity contribution in [1.82, 2.24) is 10.2 Å². The summed E-state index contributed by atoms with van der Waals surface area (Å²) < 4.78 is 5.31. The predicted molar refractivity (Wildman–Crippen MR) is 58.2 cm³/mol. The summed E-state index contributed by atoms with van der Waals surface area (Å²) in [6.45, 7) is 9.44. The summed E-state index contributed by atoms with van der Waals surface area (Å²) in [5.74, 6) is 1.04. The van der Waals surface area contributed by atoms with Gasteiger partial charge in [-0.3, -0.25) is 4.90 Å². The third-order valence-corrected chi connectivity index (χ3v) is 2.26. The maximum Gasteiger partial charge on any atom is 0.117 e. The highest BCUT2D eigenvalue weighted by Gasteiger charge is 2.04. The molecule has 0 atom stereocenters. The summed E-state index contributed by atoms with van der Waals surface area (Å²) in [7, 11) is 0. The Labute approximate surface area is 86.1 Å². The molecule has 1 heterocycles. The van der Waals surface area contributed by atoms with Crippen LogP contribution in [0.3, 0.4) is 0 Å². The van der Waals surface area contributed by atoms with Crippen molar-refractivity contribution in [2.45, 2.75) is 20.4 Å². The van der Waals surface area contributed by atoms with Crippen LogP contribution in [0.25, 0.3) is 0 Å². The van der Waals surface area contributed by atoms with E-state index in [4.69, 9.17) is 4.42 Å². The summed E-state index contributed by atoms with van der Waals surface area (Å²) in [6, 6.07) is 3.96. The van der Waals surface area contributed by atoms with Crippen LogP contribution in [0, 0.1) is 0 Å². The van der Waals surface area contributed by atoms with E-state index < -0.39 is 0 Å². The van der Waals surface area contributed by atoms with Gasteiger partial charge in [0.05, 0.1) is 12.8 Å². The van der Waals surface area contributed by atoms with E-state index in [-0.39, 0.29) is 0 Å². The molecule has 0 saturated heterocycles. The Hall–Kier alpha value is -0.800. The molecule has 14 heavy (non-hydrogen) atoms. The molecular weight excluding hydrogens is 176 g/mol. The molecule has 3 nitrogen and oxygen atoms in total. The van der Waals surface area contributed by atoms with Crippen LogP contribution in [0.15, 0.2) is 22.8 Å². The lowest BCUT2D eigenvalue weighted by Crippen LogP contribution is -2.31. The number of furan rings is 1. The fourth-order valence-electron chi connectivity index (χ4n) is 1.39. The zero-order valence-electron chi connectivity index (χ0n) is 9.12. The van der Waals surface area contributed by atoms with Crippen molar-refractivity contribution in [2.24, 2.45) is 0 Å². The van der Waals surface area contributed by atoms with Gasteiger partial charge in [-0.2, -0.15) is 0 Å². The molecule has 0 radical (unpaired) electrons. The van der Waals surface area contributed by atoms with Crippen molar-refractivity contribution >= 4 is 0 Å². The lowest BCUT2D eigenvalue weighted by Gasteiger charge is -2.18. The Balaban J connectivity index is 2.24. The van der Waals surface area contributed by atoms with Crippen LogP contribution in [0.5, 0.6) is 0 Å². The van der Waals surface area contributed by atoms with Crippen molar-refractivity contribution in [2.75, 3.05) is 26.2 Å². The first-order chi connectivity index (χ1) is 6.86. The van der Waals surface area contributed by atoms with Gasteiger partial charge in [0.2, 0.25) is 0 Å². The van der Waals surface area contributed by atoms with Crippen molar-refractivity contribution in [3.8, 4) is 0 Å². The van der Waals surface area contributed by atoms with Crippen LogP contribution in [0.2, 0.25) is 0 Å². The molecule has 0 unspecified atom stereocenters. The minimum Gasteiger partial charge on any atom is -0.468 e. The topological polar surface area (TPSA) is 28.4 Å². The first kappa shape index (κ1) is 11.3. The molecular formula is C11H20N2O. The van der Waals surface area contributed by atoms with E-state index in [9.17, 15) is 0 Å². The fourth-order valence-corrected chi connectivity index (χ4v) is 1.39. The molecule has 0 aromatic carbocycles. The maximum atomic E-state index is 5.31. The van der Waals surface area contributed by atoms with E-state index >= 15 is 0 Å². The molecule has 80 valence electrons. The first-order valence-electron chi connectivity index (χ1n) is 5.32. The van der Waals surface area contributed by atoms with E-state index in [1.807, 2.05) is 12.1 Å². The molecule has 0 saturated carbocycles. The average Bonchev–Trinajstić information content (AvgIpc) is 2.69. The number of hydrogen-bond donors (Lipinski definition) is 1. The molecule has 0 aliphatic heterocycles. The van der Waals surface area contributed by atoms with Crippen LogP contribution in [-0.4, -0.2) is 31.1 Å². The predicted octanol–water partition coefficient (Wildman–Crippen LogP) is 1.71. The Kier molecular flexibility index (Phi) is 5.33. The SMILES string of the molecule is CCNCCN(CC)Cc1ccco1. The van der Waals surface area contributed by atoms with Crippen molar-refractivity contribution < 1.29 is 4.42 Å². The third-order valence-electron chi connectivity index (χ3n) is 2.26. The zero-order valence-corrected chi connectivity index (χ0v) is 9.12. The monoisotopic (exact) mass is 196 g/mol. The summed E-state index contributed by atoms with van der Waals surface area (Å²) in [5, 5.41) is 3.32. The standard InChI is InChI=1S/C11H20N2O/c1-3-12-7-8-13(4-2)10-11-6-5-9-14-11/h5-6,9,12H,3-4,7-8,10H2,1-2H3. The second kappa shape index (κ2) is 6.62. The summed E-state index contributed by atoms with van der Waals surface area (Å²) in [5.41, 5.74) is 0. The van der Waals surface area contributed by atoms with Crippen LogP contribution in [-0.2, 0) is 6.54 Å². The number of nitrogens with one attached hydrogen (secondary N) is 1. The Morgan fingerprint density at radius 3 is 2.86 bits per heavy atom. The molecule has 3 heteroatoms.